The fourth-order valence-electron chi connectivity index (χ4n) is 1.48. The van der Waals surface area contributed by atoms with Gasteiger partial charge >= 0.3 is 29.6 Å². The second-order valence-electron chi connectivity index (χ2n) is 3.40. The molecule has 1 unspecified atom stereocenters. The summed E-state index contributed by atoms with van der Waals surface area (Å²) in [7, 11) is 0. The summed E-state index contributed by atoms with van der Waals surface area (Å²) < 4.78 is 13.1. The summed E-state index contributed by atoms with van der Waals surface area (Å²) in [6, 6.07) is 0. The zero-order chi connectivity index (χ0) is 10.5. The molecule has 1 N–H and O–H groups in total. The largest absolute Gasteiger partial charge is 1.00 e. The first-order valence-electron chi connectivity index (χ1n) is 5.07. The van der Waals surface area contributed by atoms with Gasteiger partial charge in [0.15, 0.2) is 6.29 Å². The van der Waals surface area contributed by atoms with Crippen LogP contribution in [0.2, 0.25) is 0 Å². The van der Waals surface area contributed by atoms with E-state index in [0.717, 1.165) is 19.4 Å². The van der Waals surface area contributed by atoms with Crippen LogP contribution in [0, 0.1) is 4.77 Å². The number of aromatic amines is 1. The summed E-state index contributed by atoms with van der Waals surface area (Å²) in [5, 5.41) is 9.93. The summed E-state index contributed by atoms with van der Waals surface area (Å²) in [6.07, 6.45) is 3.24. The Kier molecular flexibility index (Phi) is 6.71. The van der Waals surface area contributed by atoms with Crippen molar-refractivity contribution in [3.63, 3.8) is 0 Å². The molecule has 86 valence electrons. The molecular formula is C8H15N4NaO2S. The van der Waals surface area contributed by atoms with Gasteiger partial charge in [-0.2, -0.15) is 5.21 Å². The first-order chi connectivity index (χ1) is 7.36. The molecule has 0 amide bonds. The SMILES string of the molecule is S=c1nn[nH]n1CCOC1CCCCO1.[H-].[Na+]. The molecule has 1 aliphatic heterocycles. The van der Waals surface area contributed by atoms with Gasteiger partial charge in [-0.3, -0.25) is 0 Å². The van der Waals surface area contributed by atoms with E-state index in [9.17, 15) is 0 Å². The van der Waals surface area contributed by atoms with Gasteiger partial charge in [0.05, 0.1) is 13.2 Å². The van der Waals surface area contributed by atoms with E-state index < -0.39 is 0 Å². The number of nitrogens with zero attached hydrogens (tertiary/aromatic N) is 3. The number of ether oxygens (including phenoxy) is 2. The van der Waals surface area contributed by atoms with Crippen LogP contribution in [0.25, 0.3) is 0 Å². The zero-order valence-electron chi connectivity index (χ0n) is 10.4. The van der Waals surface area contributed by atoms with Crippen molar-refractivity contribution in [1.29, 1.82) is 0 Å². The minimum absolute atomic E-state index is 0. The van der Waals surface area contributed by atoms with Crippen molar-refractivity contribution in [2.45, 2.75) is 32.1 Å². The molecule has 8 heteroatoms. The Morgan fingerprint density at radius 1 is 1.62 bits per heavy atom. The molecule has 0 spiro atoms. The number of H-pyrrole nitrogens is 1. The molecule has 0 bridgehead atoms. The third-order valence-electron chi connectivity index (χ3n) is 2.29. The fraction of sp³-hybridized carbons (Fsp3) is 0.875. The van der Waals surface area contributed by atoms with E-state index in [0.29, 0.717) is 17.9 Å². The molecule has 1 aromatic heterocycles. The van der Waals surface area contributed by atoms with Crippen LogP contribution in [0.1, 0.15) is 20.7 Å². The van der Waals surface area contributed by atoms with Crippen LogP contribution in [0.5, 0.6) is 0 Å². The Bertz CT molecular complexity index is 355. The van der Waals surface area contributed by atoms with E-state index in [4.69, 9.17) is 21.7 Å². The van der Waals surface area contributed by atoms with Crippen LogP contribution >= 0.6 is 12.2 Å². The number of aromatic nitrogens is 4. The Morgan fingerprint density at radius 2 is 2.50 bits per heavy atom. The van der Waals surface area contributed by atoms with E-state index in [1.54, 1.807) is 4.68 Å². The van der Waals surface area contributed by atoms with Gasteiger partial charge in [0.25, 0.3) is 0 Å². The van der Waals surface area contributed by atoms with Crippen LogP contribution in [0.3, 0.4) is 0 Å². The zero-order valence-corrected chi connectivity index (χ0v) is 12.2. The first kappa shape index (κ1) is 14.3. The number of hydrogen-bond donors (Lipinski definition) is 1. The molecule has 0 aliphatic carbocycles. The summed E-state index contributed by atoms with van der Waals surface area (Å²) in [4.78, 5) is 0. The smallest absolute Gasteiger partial charge is 1.00 e. The molecule has 2 rings (SSSR count). The average Bonchev–Trinajstić information content (AvgIpc) is 2.66. The summed E-state index contributed by atoms with van der Waals surface area (Å²) in [6.45, 7) is 1.99. The number of rotatable bonds is 4. The predicted molar refractivity (Wildman–Crippen MR) is 55.9 cm³/mol. The Balaban J connectivity index is 0.00000128. The molecule has 1 aromatic rings. The van der Waals surface area contributed by atoms with Crippen LogP contribution in [0.4, 0.5) is 0 Å². The molecule has 0 radical (unpaired) electrons. The van der Waals surface area contributed by atoms with Crippen molar-refractivity contribution in [1.82, 2.24) is 20.2 Å². The van der Waals surface area contributed by atoms with Crippen molar-refractivity contribution in [2.75, 3.05) is 13.2 Å². The van der Waals surface area contributed by atoms with Gasteiger partial charge in [-0.05, 0) is 31.5 Å². The minimum atomic E-state index is -0.0520. The number of nitrogens with one attached hydrogen (secondary N) is 1. The summed E-state index contributed by atoms with van der Waals surface area (Å²) in [5.74, 6) is 0. The van der Waals surface area contributed by atoms with Crippen LogP contribution in [-0.4, -0.2) is 39.7 Å². The summed E-state index contributed by atoms with van der Waals surface area (Å²) >= 11 is 4.93. The normalized spacial score (nSPS) is 20.4. The Hall–Kier alpha value is 0.210. The molecule has 6 nitrogen and oxygen atoms in total. The van der Waals surface area contributed by atoms with Crippen molar-refractivity contribution >= 4 is 12.2 Å². The molecule has 0 saturated carbocycles. The Labute approximate surface area is 122 Å². The van der Waals surface area contributed by atoms with E-state index in [1.165, 1.54) is 6.42 Å². The Morgan fingerprint density at radius 3 is 3.12 bits per heavy atom. The fourth-order valence-corrected chi connectivity index (χ4v) is 1.65. The first-order valence-corrected chi connectivity index (χ1v) is 5.48. The van der Waals surface area contributed by atoms with E-state index in [1.807, 2.05) is 0 Å². The predicted octanol–water partition coefficient (Wildman–Crippen LogP) is -2.00. The third-order valence-corrected chi connectivity index (χ3v) is 2.59. The van der Waals surface area contributed by atoms with Crippen molar-refractivity contribution < 1.29 is 40.5 Å². The second kappa shape index (κ2) is 7.52. The molecule has 1 atom stereocenters. The maximum absolute atomic E-state index is 5.55. The second-order valence-corrected chi connectivity index (χ2v) is 3.77. The van der Waals surface area contributed by atoms with Crippen molar-refractivity contribution in [3.05, 3.63) is 4.77 Å². The van der Waals surface area contributed by atoms with E-state index in [2.05, 4.69) is 15.5 Å². The van der Waals surface area contributed by atoms with Crippen molar-refractivity contribution in [3.8, 4) is 0 Å². The standard InChI is InChI=1S/C8H14N4O2S.Na.H/c15-8-9-10-11-12(8)4-6-14-7-3-1-2-5-13-7;;/h7H,1-6H2,(H,9,11,15);;/q;+1;-1. The van der Waals surface area contributed by atoms with Crippen LogP contribution < -0.4 is 29.6 Å². The number of tetrazole rings is 1. The molecule has 0 aromatic carbocycles. The molecule has 2 heterocycles. The molecule has 1 saturated heterocycles. The molecule has 1 aliphatic rings. The molecular weight excluding hydrogens is 239 g/mol. The topological polar surface area (TPSA) is 65.0 Å². The quantitative estimate of drug-likeness (QED) is 0.497. The average molecular weight is 254 g/mol. The maximum atomic E-state index is 5.55. The van der Waals surface area contributed by atoms with Crippen LogP contribution in [0.15, 0.2) is 0 Å². The van der Waals surface area contributed by atoms with Gasteiger partial charge in [0.2, 0.25) is 4.77 Å². The van der Waals surface area contributed by atoms with Gasteiger partial charge in [0.1, 0.15) is 0 Å². The number of hydrogen-bond acceptors (Lipinski definition) is 5. The van der Waals surface area contributed by atoms with Gasteiger partial charge in [-0.1, -0.05) is 10.3 Å². The molecule has 16 heavy (non-hydrogen) atoms. The van der Waals surface area contributed by atoms with E-state index >= 15 is 0 Å². The van der Waals surface area contributed by atoms with Gasteiger partial charge in [0, 0.05) is 6.61 Å². The monoisotopic (exact) mass is 254 g/mol. The van der Waals surface area contributed by atoms with Gasteiger partial charge in [-0.25, -0.2) is 4.68 Å². The van der Waals surface area contributed by atoms with Crippen molar-refractivity contribution in [2.24, 2.45) is 0 Å². The van der Waals surface area contributed by atoms with Gasteiger partial charge in [-0.15, -0.1) is 0 Å². The minimum Gasteiger partial charge on any atom is -1.00 e. The van der Waals surface area contributed by atoms with E-state index in [-0.39, 0.29) is 37.3 Å². The molecule has 1 fully saturated rings. The van der Waals surface area contributed by atoms with Crippen LogP contribution in [-0.2, 0) is 16.0 Å². The maximum Gasteiger partial charge on any atom is 1.00 e. The summed E-state index contributed by atoms with van der Waals surface area (Å²) in [5.41, 5.74) is 0. The van der Waals surface area contributed by atoms with Gasteiger partial charge < -0.3 is 10.9 Å². The third kappa shape index (κ3) is 4.23.